The van der Waals surface area contributed by atoms with Crippen molar-refractivity contribution in [3.8, 4) is 0 Å². The van der Waals surface area contributed by atoms with Gasteiger partial charge in [0.1, 0.15) is 6.42 Å². The molecule has 1 rings (SSSR count). The van der Waals surface area contributed by atoms with E-state index in [1.165, 1.54) is 0 Å². The summed E-state index contributed by atoms with van der Waals surface area (Å²) < 4.78 is 0. The Morgan fingerprint density at radius 2 is 2.21 bits per heavy atom. The standard InChI is InChI=1S/C9H17N3O2/c1-2-11-8(13)5-9(14)12-7-3-4-10-6-7/h7,10H,2-6H2,1H3,(H,11,13)(H,12,14). The van der Waals surface area contributed by atoms with Crippen LogP contribution in [0.1, 0.15) is 19.8 Å². The fraction of sp³-hybridized carbons (Fsp3) is 0.778. The van der Waals surface area contributed by atoms with Crippen LogP contribution in [0.2, 0.25) is 0 Å². The first-order valence-corrected chi connectivity index (χ1v) is 4.99. The number of rotatable bonds is 4. The van der Waals surface area contributed by atoms with Crippen molar-refractivity contribution in [2.75, 3.05) is 19.6 Å². The molecule has 0 aromatic rings. The predicted octanol–water partition coefficient (Wildman–Crippen LogP) is -1.01. The molecule has 80 valence electrons. The molecule has 0 aromatic carbocycles. The van der Waals surface area contributed by atoms with Crippen molar-refractivity contribution in [2.24, 2.45) is 0 Å². The second kappa shape index (κ2) is 5.59. The van der Waals surface area contributed by atoms with Crippen LogP contribution in [-0.2, 0) is 9.59 Å². The van der Waals surface area contributed by atoms with Gasteiger partial charge in [-0.25, -0.2) is 0 Å². The third-order valence-corrected chi connectivity index (χ3v) is 2.12. The first-order chi connectivity index (χ1) is 6.72. The van der Waals surface area contributed by atoms with Crippen molar-refractivity contribution in [1.29, 1.82) is 0 Å². The van der Waals surface area contributed by atoms with Crippen LogP contribution in [0.5, 0.6) is 0 Å². The van der Waals surface area contributed by atoms with Gasteiger partial charge in [-0.1, -0.05) is 0 Å². The lowest BCUT2D eigenvalue weighted by Crippen LogP contribution is -2.39. The molecule has 1 fully saturated rings. The second-order valence-electron chi connectivity index (χ2n) is 3.39. The fourth-order valence-electron chi connectivity index (χ4n) is 1.46. The summed E-state index contributed by atoms with van der Waals surface area (Å²) in [5, 5.41) is 8.53. The third kappa shape index (κ3) is 3.74. The Morgan fingerprint density at radius 1 is 1.43 bits per heavy atom. The van der Waals surface area contributed by atoms with E-state index >= 15 is 0 Å². The first kappa shape index (κ1) is 11.0. The van der Waals surface area contributed by atoms with E-state index in [4.69, 9.17) is 0 Å². The Labute approximate surface area is 83.6 Å². The maximum atomic E-state index is 11.3. The largest absolute Gasteiger partial charge is 0.356 e. The number of hydrogen-bond acceptors (Lipinski definition) is 3. The zero-order chi connectivity index (χ0) is 10.4. The Balaban J connectivity index is 2.17. The Bertz CT molecular complexity index is 212. The number of hydrogen-bond donors (Lipinski definition) is 3. The van der Waals surface area contributed by atoms with Gasteiger partial charge in [0, 0.05) is 19.1 Å². The predicted molar refractivity (Wildman–Crippen MR) is 52.7 cm³/mol. The summed E-state index contributed by atoms with van der Waals surface area (Å²) in [7, 11) is 0. The van der Waals surface area contributed by atoms with Gasteiger partial charge in [-0.05, 0) is 19.9 Å². The first-order valence-electron chi connectivity index (χ1n) is 4.99. The Morgan fingerprint density at radius 3 is 2.79 bits per heavy atom. The van der Waals surface area contributed by atoms with Gasteiger partial charge >= 0.3 is 0 Å². The van der Waals surface area contributed by atoms with Crippen molar-refractivity contribution in [2.45, 2.75) is 25.8 Å². The molecule has 1 atom stereocenters. The number of amides is 2. The quantitative estimate of drug-likeness (QED) is 0.508. The van der Waals surface area contributed by atoms with Crippen molar-refractivity contribution in [3.05, 3.63) is 0 Å². The molecule has 0 radical (unpaired) electrons. The topological polar surface area (TPSA) is 70.2 Å². The van der Waals surface area contributed by atoms with Crippen LogP contribution in [-0.4, -0.2) is 37.5 Å². The van der Waals surface area contributed by atoms with Crippen molar-refractivity contribution in [3.63, 3.8) is 0 Å². The van der Waals surface area contributed by atoms with E-state index in [9.17, 15) is 9.59 Å². The van der Waals surface area contributed by atoms with E-state index < -0.39 is 0 Å². The molecular formula is C9H17N3O2. The highest BCUT2D eigenvalue weighted by Crippen LogP contribution is 1.97. The number of nitrogens with one attached hydrogen (secondary N) is 3. The molecule has 1 aliphatic rings. The minimum atomic E-state index is -0.212. The molecule has 0 aliphatic carbocycles. The average Bonchev–Trinajstić information content (AvgIpc) is 2.56. The summed E-state index contributed by atoms with van der Waals surface area (Å²) in [5.74, 6) is -0.402. The van der Waals surface area contributed by atoms with Crippen molar-refractivity contribution < 1.29 is 9.59 Å². The third-order valence-electron chi connectivity index (χ3n) is 2.12. The van der Waals surface area contributed by atoms with Crippen LogP contribution < -0.4 is 16.0 Å². The van der Waals surface area contributed by atoms with Gasteiger partial charge < -0.3 is 16.0 Å². The van der Waals surface area contributed by atoms with Gasteiger partial charge in [-0.2, -0.15) is 0 Å². The van der Waals surface area contributed by atoms with E-state index in [1.54, 1.807) is 0 Å². The summed E-state index contributed by atoms with van der Waals surface area (Å²) in [6.07, 6.45) is 0.880. The summed E-state index contributed by atoms with van der Waals surface area (Å²) in [4.78, 5) is 22.3. The van der Waals surface area contributed by atoms with Crippen LogP contribution in [0.15, 0.2) is 0 Å². The molecule has 1 unspecified atom stereocenters. The average molecular weight is 199 g/mol. The molecule has 5 heteroatoms. The molecule has 1 aliphatic heterocycles. The van der Waals surface area contributed by atoms with Crippen molar-refractivity contribution in [1.82, 2.24) is 16.0 Å². The molecule has 0 aromatic heterocycles. The van der Waals surface area contributed by atoms with E-state index in [-0.39, 0.29) is 24.3 Å². The van der Waals surface area contributed by atoms with Gasteiger partial charge in [-0.3, -0.25) is 9.59 Å². The molecule has 5 nitrogen and oxygen atoms in total. The van der Waals surface area contributed by atoms with Crippen LogP contribution in [0.25, 0.3) is 0 Å². The van der Waals surface area contributed by atoms with E-state index in [0.29, 0.717) is 6.54 Å². The minimum Gasteiger partial charge on any atom is -0.356 e. The number of carbonyl (C=O) groups excluding carboxylic acids is 2. The smallest absolute Gasteiger partial charge is 0.229 e. The molecule has 3 N–H and O–H groups in total. The lowest BCUT2D eigenvalue weighted by Gasteiger charge is -2.10. The zero-order valence-corrected chi connectivity index (χ0v) is 8.43. The van der Waals surface area contributed by atoms with Gasteiger partial charge in [0.2, 0.25) is 11.8 Å². The summed E-state index contributed by atoms with van der Waals surface area (Å²) in [5.41, 5.74) is 0. The van der Waals surface area contributed by atoms with Gasteiger partial charge in [0.05, 0.1) is 0 Å². The summed E-state index contributed by atoms with van der Waals surface area (Å²) in [6, 6.07) is 0.192. The monoisotopic (exact) mass is 199 g/mol. The zero-order valence-electron chi connectivity index (χ0n) is 8.43. The molecule has 2 amide bonds. The van der Waals surface area contributed by atoms with Gasteiger partial charge in [-0.15, -0.1) is 0 Å². The maximum Gasteiger partial charge on any atom is 0.229 e. The molecule has 1 heterocycles. The minimum absolute atomic E-state index is 0.0651. The molecule has 0 bridgehead atoms. The highest BCUT2D eigenvalue weighted by Gasteiger charge is 2.17. The van der Waals surface area contributed by atoms with E-state index in [1.807, 2.05) is 6.92 Å². The highest BCUT2D eigenvalue weighted by atomic mass is 16.2. The molecule has 14 heavy (non-hydrogen) atoms. The molecule has 0 saturated carbocycles. The molecule has 0 spiro atoms. The molecule has 1 saturated heterocycles. The molecular weight excluding hydrogens is 182 g/mol. The summed E-state index contributed by atoms with van der Waals surface area (Å²) in [6.45, 7) is 4.14. The normalized spacial score (nSPS) is 20.5. The fourth-order valence-corrected chi connectivity index (χ4v) is 1.46. The lowest BCUT2D eigenvalue weighted by molar-refractivity contribution is -0.129. The van der Waals surface area contributed by atoms with E-state index in [0.717, 1.165) is 19.5 Å². The lowest BCUT2D eigenvalue weighted by atomic mass is 10.2. The van der Waals surface area contributed by atoms with Crippen LogP contribution in [0.3, 0.4) is 0 Å². The van der Waals surface area contributed by atoms with E-state index in [2.05, 4.69) is 16.0 Å². The van der Waals surface area contributed by atoms with Crippen LogP contribution >= 0.6 is 0 Å². The SMILES string of the molecule is CCNC(=O)CC(=O)NC1CCNC1. The summed E-state index contributed by atoms with van der Waals surface area (Å²) >= 11 is 0. The number of carbonyl (C=O) groups is 2. The van der Waals surface area contributed by atoms with Gasteiger partial charge in [0.25, 0.3) is 0 Å². The van der Waals surface area contributed by atoms with Crippen LogP contribution in [0, 0.1) is 0 Å². The van der Waals surface area contributed by atoms with Crippen LogP contribution in [0.4, 0.5) is 0 Å². The second-order valence-corrected chi connectivity index (χ2v) is 3.39. The Kier molecular flexibility index (Phi) is 4.39. The highest BCUT2D eigenvalue weighted by molar-refractivity contribution is 5.96. The van der Waals surface area contributed by atoms with Gasteiger partial charge in [0.15, 0.2) is 0 Å². The van der Waals surface area contributed by atoms with Crippen molar-refractivity contribution >= 4 is 11.8 Å². The Hall–Kier alpha value is -1.10. The maximum absolute atomic E-state index is 11.3.